The molecular weight excluding hydrogens is 530 g/mol. The van der Waals surface area contributed by atoms with E-state index in [9.17, 15) is 9.90 Å². The summed E-state index contributed by atoms with van der Waals surface area (Å²) < 4.78 is 21.9. The van der Waals surface area contributed by atoms with E-state index < -0.39 is 18.1 Å². The molecule has 0 aliphatic carbocycles. The molecular formula is C25H31Cl2FN2O3S2. The van der Waals surface area contributed by atoms with Crippen LogP contribution in [0.15, 0.2) is 52.2 Å². The van der Waals surface area contributed by atoms with Gasteiger partial charge in [-0.3, -0.25) is 9.78 Å². The van der Waals surface area contributed by atoms with Gasteiger partial charge >= 0.3 is 5.97 Å². The Kier molecular flexibility index (Phi) is 12.1. The van der Waals surface area contributed by atoms with Gasteiger partial charge in [0.15, 0.2) is 0 Å². The number of piperidine rings is 1. The highest BCUT2D eigenvalue weighted by Crippen LogP contribution is 2.35. The lowest BCUT2D eigenvalue weighted by Crippen LogP contribution is -2.44. The molecule has 4 rings (SSSR count). The Hall–Kier alpha value is -1.58. The van der Waals surface area contributed by atoms with Gasteiger partial charge in [0.05, 0.1) is 22.8 Å². The molecule has 0 saturated carbocycles. The summed E-state index contributed by atoms with van der Waals surface area (Å²) in [7, 11) is 1.59. The normalized spacial score (nSPS) is 18.9. The van der Waals surface area contributed by atoms with Crippen LogP contribution in [-0.2, 0) is 4.79 Å². The molecule has 1 aliphatic rings. The van der Waals surface area contributed by atoms with E-state index in [4.69, 9.17) is 4.74 Å². The molecule has 35 heavy (non-hydrogen) atoms. The van der Waals surface area contributed by atoms with Crippen LogP contribution in [0.2, 0.25) is 0 Å². The Morgan fingerprint density at radius 2 is 2.17 bits per heavy atom. The van der Waals surface area contributed by atoms with Gasteiger partial charge in [-0.25, -0.2) is 4.39 Å². The maximum absolute atomic E-state index is 15.3. The lowest BCUT2D eigenvalue weighted by atomic mass is 9.81. The molecule has 2 aromatic heterocycles. The van der Waals surface area contributed by atoms with Crippen molar-refractivity contribution < 1.29 is 19.0 Å². The van der Waals surface area contributed by atoms with Gasteiger partial charge in [-0.05, 0) is 73.0 Å². The number of alkyl halides is 1. The van der Waals surface area contributed by atoms with Crippen molar-refractivity contribution in [3.05, 3.63) is 53.5 Å². The Morgan fingerprint density at radius 3 is 2.89 bits per heavy atom. The zero-order valence-corrected chi connectivity index (χ0v) is 22.7. The summed E-state index contributed by atoms with van der Waals surface area (Å²) in [5.41, 5.74) is 1.32. The number of hydrogen-bond donors (Lipinski definition) is 1. The van der Waals surface area contributed by atoms with E-state index in [1.807, 2.05) is 36.0 Å². The number of benzene rings is 1. The van der Waals surface area contributed by atoms with E-state index in [1.54, 1.807) is 30.7 Å². The molecule has 1 saturated heterocycles. The monoisotopic (exact) mass is 560 g/mol. The van der Waals surface area contributed by atoms with E-state index in [1.165, 1.54) is 4.21 Å². The first-order valence-corrected chi connectivity index (χ1v) is 13.1. The molecule has 3 heterocycles. The molecule has 192 valence electrons. The molecule has 0 unspecified atom stereocenters. The molecule has 3 aromatic rings. The van der Waals surface area contributed by atoms with Gasteiger partial charge in [0, 0.05) is 30.4 Å². The molecule has 10 heteroatoms. The number of halogens is 3. The second-order valence-corrected chi connectivity index (χ2v) is 10.7. The maximum atomic E-state index is 15.3. The first-order chi connectivity index (χ1) is 16.0. The SMILES string of the molecule is COc1ccc2nccc([C@H](F)CC[C@@H]3CCN(CCSc4cccs4)C[C@@H]3C(=O)O)c2c1.Cl.Cl. The highest BCUT2D eigenvalue weighted by atomic mass is 35.5. The third-order valence-corrected chi connectivity index (χ3v) is 8.53. The van der Waals surface area contributed by atoms with Crippen LogP contribution in [0.5, 0.6) is 5.75 Å². The minimum atomic E-state index is -1.17. The fourth-order valence-electron chi connectivity index (χ4n) is 4.58. The summed E-state index contributed by atoms with van der Waals surface area (Å²) in [4.78, 5) is 18.6. The minimum Gasteiger partial charge on any atom is -0.497 e. The van der Waals surface area contributed by atoms with Gasteiger partial charge in [0.25, 0.3) is 0 Å². The minimum absolute atomic E-state index is 0. The van der Waals surface area contributed by atoms with Crippen molar-refractivity contribution in [2.45, 2.75) is 29.6 Å². The molecule has 1 fully saturated rings. The number of fused-ring (bicyclic) bond motifs is 1. The van der Waals surface area contributed by atoms with E-state index in [0.717, 1.165) is 36.2 Å². The quantitative estimate of drug-likeness (QED) is 0.276. The average molecular weight is 562 g/mol. The number of carbonyl (C=O) groups is 1. The molecule has 5 nitrogen and oxygen atoms in total. The summed E-state index contributed by atoms with van der Waals surface area (Å²) in [5, 5.41) is 12.7. The number of rotatable bonds is 10. The zero-order valence-electron chi connectivity index (χ0n) is 19.5. The van der Waals surface area contributed by atoms with Crippen LogP contribution in [-0.4, -0.2) is 53.5 Å². The predicted molar refractivity (Wildman–Crippen MR) is 147 cm³/mol. The summed E-state index contributed by atoms with van der Waals surface area (Å²) in [5.74, 6) is 0.379. The largest absolute Gasteiger partial charge is 0.497 e. The third kappa shape index (κ3) is 7.70. The van der Waals surface area contributed by atoms with Gasteiger partial charge in [-0.15, -0.1) is 47.9 Å². The van der Waals surface area contributed by atoms with Crippen LogP contribution < -0.4 is 4.74 Å². The number of aromatic nitrogens is 1. The van der Waals surface area contributed by atoms with Crippen molar-refractivity contribution in [3.63, 3.8) is 0 Å². The summed E-state index contributed by atoms with van der Waals surface area (Å²) in [6.07, 6.45) is 2.11. The maximum Gasteiger partial charge on any atom is 0.308 e. The molecule has 0 amide bonds. The van der Waals surface area contributed by atoms with Crippen molar-refractivity contribution >= 4 is 64.8 Å². The fourth-order valence-corrected chi connectivity index (χ4v) is 6.44. The lowest BCUT2D eigenvalue weighted by molar-refractivity contribution is -0.146. The van der Waals surface area contributed by atoms with Gasteiger partial charge in [-0.1, -0.05) is 6.07 Å². The Bertz CT molecular complexity index is 1070. The van der Waals surface area contributed by atoms with E-state index in [-0.39, 0.29) is 30.7 Å². The number of aliphatic carboxylic acids is 1. The zero-order chi connectivity index (χ0) is 23.2. The van der Waals surface area contributed by atoms with Crippen molar-refractivity contribution in [3.8, 4) is 5.75 Å². The number of nitrogens with zero attached hydrogens (tertiary/aromatic N) is 2. The number of methoxy groups -OCH3 is 1. The number of pyridine rings is 1. The van der Waals surface area contributed by atoms with Crippen LogP contribution in [0.1, 0.15) is 31.0 Å². The number of likely N-dealkylation sites (tertiary alicyclic amines) is 1. The Morgan fingerprint density at radius 1 is 1.34 bits per heavy atom. The number of ether oxygens (including phenoxy) is 1. The van der Waals surface area contributed by atoms with Crippen LogP contribution in [0, 0.1) is 11.8 Å². The lowest BCUT2D eigenvalue weighted by Gasteiger charge is -2.36. The van der Waals surface area contributed by atoms with Crippen molar-refractivity contribution in [1.29, 1.82) is 0 Å². The molecule has 0 radical (unpaired) electrons. The van der Waals surface area contributed by atoms with Crippen LogP contribution >= 0.6 is 47.9 Å². The van der Waals surface area contributed by atoms with Gasteiger partial charge in [-0.2, -0.15) is 0 Å². The number of thiophene rings is 1. The topological polar surface area (TPSA) is 62.7 Å². The average Bonchev–Trinajstić information content (AvgIpc) is 3.35. The first kappa shape index (κ1) is 29.6. The molecule has 0 spiro atoms. The second kappa shape index (κ2) is 14.2. The second-order valence-electron chi connectivity index (χ2n) is 8.40. The molecule has 1 aromatic carbocycles. The highest BCUT2D eigenvalue weighted by Gasteiger charge is 2.34. The third-order valence-electron chi connectivity index (χ3n) is 6.41. The summed E-state index contributed by atoms with van der Waals surface area (Å²) in [6.45, 7) is 2.28. The van der Waals surface area contributed by atoms with E-state index >= 15 is 4.39 Å². The standard InChI is InChI=1S/C25H29FN2O3S2.2ClH/c1-31-18-5-7-23-20(15-18)19(8-10-27-23)22(26)6-4-17-9-11-28(16-21(17)25(29)30)12-14-33-24-3-2-13-32-24;;/h2-3,5,7-8,10,13,15,17,21-22H,4,6,9,11-12,14,16H2,1H3,(H,29,30);2*1H/t17-,21+,22-;;/m1../s1. The first-order valence-electron chi connectivity index (χ1n) is 11.2. The van der Waals surface area contributed by atoms with Crippen LogP contribution in [0.25, 0.3) is 10.9 Å². The Balaban J connectivity index is 0.00000216. The molecule has 0 bridgehead atoms. The molecule has 1 aliphatic heterocycles. The van der Waals surface area contributed by atoms with E-state index in [0.29, 0.717) is 30.7 Å². The van der Waals surface area contributed by atoms with Crippen LogP contribution in [0.3, 0.4) is 0 Å². The summed E-state index contributed by atoms with van der Waals surface area (Å²) in [6, 6.07) is 11.3. The number of carboxylic acids is 1. The smallest absolute Gasteiger partial charge is 0.308 e. The highest BCUT2D eigenvalue weighted by molar-refractivity contribution is 8.01. The number of hydrogen-bond acceptors (Lipinski definition) is 6. The van der Waals surface area contributed by atoms with Crippen molar-refractivity contribution in [2.75, 3.05) is 32.5 Å². The Labute approximate surface area is 226 Å². The predicted octanol–water partition coefficient (Wildman–Crippen LogP) is 6.75. The number of carboxylic acid groups (broad SMARTS) is 1. The van der Waals surface area contributed by atoms with E-state index in [2.05, 4.69) is 21.3 Å². The molecule has 1 N–H and O–H groups in total. The fraction of sp³-hybridized carbons (Fsp3) is 0.440. The molecule has 3 atom stereocenters. The van der Waals surface area contributed by atoms with Gasteiger partial charge in [0.1, 0.15) is 11.9 Å². The van der Waals surface area contributed by atoms with Crippen molar-refractivity contribution in [1.82, 2.24) is 9.88 Å². The van der Waals surface area contributed by atoms with Crippen LogP contribution in [0.4, 0.5) is 4.39 Å². The van der Waals surface area contributed by atoms with Crippen molar-refractivity contribution in [2.24, 2.45) is 11.8 Å². The summed E-state index contributed by atoms with van der Waals surface area (Å²) >= 11 is 3.54. The number of thioether (sulfide) groups is 1. The van der Waals surface area contributed by atoms with Gasteiger partial charge < -0.3 is 14.7 Å². The van der Waals surface area contributed by atoms with Gasteiger partial charge in [0.2, 0.25) is 0 Å².